The molecule has 3 unspecified atom stereocenters. The zero-order chi connectivity index (χ0) is 23.5. The second kappa shape index (κ2) is 6.47. The Morgan fingerprint density at radius 3 is 2.74 bits per heavy atom. The third kappa shape index (κ3) is 2.14. The van der Waals surface area contributed by atoms with Gasteiger partial charge in [0.15, 0.2) is 0 Å². The molecule has 0 saturated carbocycles. The standard InChI is InChI=1S/C33H26ClN/c1-20-13-15-22-23-9-7-12-27-31(23)35(30(22)18-20)29-16-14-21(34)19-28(29)33(27)26-11-4-3-8-24(26)25-10-5-6-17-32(25,33)2/h3-12,14-16,18-20H,13,17H2,1-2H3. The molecule has 2 heteroatoms. The minimum Gasteiger partial charge on any atom is -0.309 e. The van der Waals surface area contributed by atoms with Crippen molar-refractivity contribution >= 4 is 40.2 Å². The van der Waals surface area contributed by atoms with E-state index in [1.807, 2.05) is 0 Å². The maximum absolute atomic E-state index is 6.80. The van der Waals surface area contributed by atoms with Crippen LogP contribution in [0.15, 0.2) is 78.9 Å². The molecule has 3 atom stereocenters. The zero-order valence-electron chi connectivity index (χ0n) is 20.0. The summed E-state index contributed by atoms with van der Waals surface area (Å²) in [5, 5.41) is 4.88. The number of hydrogen-bond donors (Lipinski definition) is 0. The van der Waals surface area contributed by atoms with E-state index in [0.717, 1.165) is 17.9 Å². The molecule has 4 aromatic rings. The van der Waals surface area contributed by atoms with Gasteiger partial charge in [-0.3, -0.25) is 0 Å². The highest BCUT2D eigenvalue weighted by atomic mass is 35.5. The van der Waals surface area contributed by atoms with Crippen LogP contribution in [0.3, 0.4) is 0 Å². The highest BCUT2D eigenvalue weighted by Crippen LogP contribution is 2.69. The predicted molar refractivity (Wildman–Crippen MR) is 146 cm³/mol. The Labute approximate surface area is 210 Å². The topological polar surface area (TPSA) is 4.93 Å². The molecule has 170 valence electrons. The number of allylic oxidation sites excluding steroid dienone is 4. The van der Waals surface area contributed by atoms with E-state index in [0.29, 0.717) is 5.92 Å². The average molecular weight is 472 g/mol. The van der Waals surface area contributed by atoms with Crippen LogP contribution in [0.25, 0.3) is 34.3 Å². The van der Waals surface area contributed by atoms with Gasteiger partial charge in [0.1, 0.15) is 0 Å². The molecule has 4 aliphatic rings. The van der Waals surface area contributed by atoms with Crippen LogP contribution >= 0.6 is 11.6 Å². The van der Waals surface area contributed by atoms with E-state index in [2.05, 4.69) is 109 Å². The van der Waals surface area contributed by atoms with Gasteiger partial charge in [-0.05, 0) is 64.8 Å². The number of para-hydroxylation sites is 1. The Balaban J connectivity index is 1.68. The summed E-state index contributed by atoms with van der Waals surface area (Å²) in [7, 11) is 0. The smallest absolute Gasteiger partial charge is 0.0596 e. The lowest BCUT2D eigenvalue weighted by atomic mass is 9.53. The lowest BCUT2D eigenvalue weighted by molar-refractivity contribution is 0.319. The van der Waals surface area contributed by atoms with Crippen LogP contribution in [0.2, 0.25) is 5.02 Å². The highest BCUT2D eigenvalue weighted by molar-refractivity contribution is 6.30. The van der Waals surface area contributed by atoms with Gasteiger partial charge in [0.25, 0.3) is 0 Å². The second-order valence-corrected chi connectivity index (χ2v) is 11.4. The van der Waals surface area contributed by atoms with Crippen molar-refractivity contribution in [2.45, 2.75) is 32.1 Å². The lowest BCUT2D eigenvalue weighted by Crippen LogP contribution is -2.46. The van der Waals surface area contributed by atoms with Crippen LogP contribution < -0.4 is 10.6 Å². The summed E-state index contributed by atoms with van der Waals surface area (Å²) >= 11 is 6.80. The first-order valence-corrected chi connectivity index (χ1v) is 13.1. The monoisotopic (exact) mass is 471 g/mol. The molecule has 0 saturated heterocycles. The molecular weight excluding hydrogens is 446 g/mol. The van der Waals surface area contributed by atoms with Gasteiger partial charge < -0.3 is 4.57 Å². The van der Waals surface area contributed by atoms with E-state index >= 15 is 0 Å². The van der Waals surface area contributed by atoms with Crippen LogP contribution in [0.5, 0.6) is 0 Å². The average Bonchev–Trinajstić information content (AvgIpc) is 3.31. The van der Waals surface area contributed by atoms with Crippen molar-refractivity contribution < 1.29 is 0 Å². The molecule has 1 spiro atoms. The summed E-state index contributed by atoms with van der Waals surface area (Å²) in [6, 6.07) is 22.6. The van der Waals surface area contributed by atoms with Crippen molar-refractivity contribution in [2.24, 2.45) is 11.3 Å². The van der Waals surface area contributed by atoms with Gasteiger partial charge in [-0.1, -0.05) is 98.3 Å². The zero-order valence-corrected chi connectivity index (χ0v) is 20.7. The number of aromatic nitrogens is 1. The largest absolute Gasteiger partial charge is 0.309 e. The lowest BCUT2D eigenvalue weighted by Gasteiger charge is -2.49. The normalized spacial score (nSPS) is 26.9. The molecule has 1 aromatic heterocycles. The molecule has 2 heterocycles. The van der Waals surface area contributed by atoms with E-state index < -0.39 is 0 Å². The van der Waals surface area contributed by atoms with E-state index in [4.69, 9.17) is 11.6 Å². The first-order valence-electron chi connectivity index (χ1n) is 12.7. The van der Waals surface area contributed by atoms with Gasteiger partial charge >= 0.3 is 0 Å². The molecule has 8 rings (SSSR count). The maximum atomic E-state index is 6.80. The SMILES string of the molecule is CC1C=c2c(c3cccc4c3n2-c2ccc(Cl)cc2C42c3ccccc3C3=CC=CCC32C)=CC1. The Morgan fingerprint density at radius 2 is 1.83 bits per heavy atom. The van der Waals surface area contributed by atoms with Gasteiger partial charge in [0, 0.05) is 21.0 Å². The van der Waals surface area contributed by atoms with Crippen LogP contribution in [0, 0.1) is 11.3 Å². The summed E-state index contributed by atoms with van der Waals surface area (Å²) in [5.41, 5.74) is 9.14. The molecule has 3 aliphatic carbocycles. The third-order valence-electron chi connectivity index (χ3n) is 9.18. The number of fused-ring (bicyclic) bond motifs is 12. The quantitative estimate of drug-likeness (QED) is 0.263. The van der Waals surface area contributed by atoms with Gasteiger partial charge in [0.2, 0.25) is 0 Å². The fourth-order valence-corrected chi connectivity index (χ4v) is 8.01. The van der Waals surface area contributed by atoms with E-state index in [1.54, 1.807) is 0 Å². The Kier molecular flexibility index (Phi) is 3.69. The van der Waals surface area contributed by atoms with E-state index in [-0.39, 0.29) is 10.8 Å². The molecule has 0 N–H and O–H groups in total. The fourth-order valence-electron chi connectivity index (χ4n) is 7.83. The molecule has 0 radical (unpaired) electrons. The van der Waals surface area contributed by atoms with Gasteiger partial charge in [-0.25, -0.2) is 0 Å². The minimum atomic E-state index is -0.317. The van der Waals surface area contributed by atoms with Crippen LogP contribution in [-0.2, 0) is 5.41 Å². The Hall–Kier alpha value is -3.29. The molecule has 0 fully saturated rings. The van der Waals surface area contributed by atoms with Crippen LogP contribution in [0.1, 0.15) is 48.9 Å². The third-order valence-corrected chi connectivity index (χ3v) is 9.41. The van der Waals surface area contributed by atoms with Gasteiger partial charge in [-0.15, -0.1) is 0 Å². The molecule has 0 bridgehead atoms. The van der Waals surface area contributed by atoms with Crippen molar-refractivity contribution in [3.8, 4) is 5.69 Å². The van der Waals surface area contributed by atoms with E-state index in [9.17, 15) is 0 Å². The molecule has 0 amide bonds. The Morgan fingerprint density at radius 1 is 0.971 bits per heavy atom. The molecule has 1 aliphatic heterocycles. The predicted octanol–water partition coefficient (Wildman–Crippen LogP) is 6.90. The number of halogens is 1. The fraction of sp³-hybridized carbons (Fsp3) is 0.212. The summed E-state index contributed by atoms with van der Waals surface area (Å²) in [6.45, 7) is 4.79. The molecular formula is C33H26ClN. The highest BCUT2D eigenvalue weighted by Gasteiger charge is 2.61. The number of benzene rings is 3. The van der Waals surface area contributed by atoms with Crippen molar-refractivity contribution in [3.63, 3.8) is 0 Å². The van der Waals surface area contributed by atoms with Crippen LogP contribution in [0.4, 0.5) is 0 Å². The maximum Gasteiger partial charge on any atom is 0.0596 e. The second-order valence-electron chi connectivity index (χ2n) is 10.9. The number of nitrogens with zero attached hydrogens (tertiary/aromatic N) is 1. The Bertz CT molecular complexity index is 1800. The van der Waals surface area contributed by atoms with Crippen molar-refractivity contribution in [1.29, 1.82) is 0 Å². The number of rotatable bonds is 0. The van der Waals surface area contributed by atoms with Crippen molar-refractivity contribution in [3.05, 3.63) is 117 Å². The first-order chi connectivity index (χ1) is 17.1. The molecule has 1 nitrogen and oxygen atoms in total. The van der Waals surface area contributed by atoms with E-state index in [1.165, 1.54) is 55.0 Å². The summed E-state index contributed by atoms with van der Waals surface area (Å²) in [6.07, 6.45) is 13.9. The number of hydrogen-bond acceptors (Lipinski definition) is 0. The summed E-state index contributed by atoms with van der Waals surface area (Å²) in [5.74, 6) is 0.529. The van der Waals surface area contributed by atoms with Gasteiger partial charge in [0.05, 0.1) is 22.0 Å². The van der Waals surface area contributed by atoms with Crippen molar-refractivity contribution in [2.75, 3.05) is 0 Å². The van der Waals surface area contributed by atoms with Crippen molar-refractivity contribution in [1.82, 2.24) is 4.57 Å². The van der Waals surface area contributed by atoms with Gasteiger partial charge in [-0.2, -0.15) is 0 Å². The summed E-state index contributed by atoms with van der Waals surface area (Å²) in [4.78, 5) is 0. The minimum absolute atomic E-state index is 0.115. The molecule has 35 heavy (non-hydrogen) atoms. The van der Waals surface area contributed by atoms with Crippen LogP contribution in [-0.4, -0.2) is 4.57 Å². The summed E-state index contributed by atoms with van der Waals surface area (Å²) < 4.78 is 2.54. The first kappa shape index (κ1) is 20.0. The molecule has 3 aromatic carbocycles.